The van der Waals surface area contributed by atoms with Crippen molar-refractivity contribution in [1.29, 1.82) is 0 Å². The third-order valence-corrected chi connectivity index (χ3v) is 6.68. The maximum Gasteiger partial charge on any atom is 0.271 e. The first kappa shape index (κ1) is 25.1. The van der Waals surface area contributed by atoms with Crippen LogP contribution in [-0.4, -0.2) is 19.2 Å². The number of methoxy groups -OCH3 is 1. The van der Waals surface area contributed by atoms with Gasteiger partial charge in [-0.2, -0.15) is 5.10 Å². The Morgan fingerprint density at radius 1 is 1.09 bits per heavy atom. The Morgan fingerprint density at radius 2 is 1.88 bits per heavy atom. The number of amides is 1. The van der Waals surface area contributed by atoms with Crippen LogP contribution in [0, 0.1) is 3.57 Å². The molecule has 1 N–H and O–H groups in total. The summed E-state index contributed by atoms with van der Waals surface area (Å²) in [6.07, 6.45) is 1.49. The minimum atomic E-state index is -0.359. The number of hydrazone groups is 1. The molecule has 0 aromatic heterocycles. The molecule has 0 aliphatic rings. The van der Waals surface area contributed by atoms with Gasteiger partial charge in [0.05, 0.1) is 36.4 Å². The number of carbonyl (C=O) groups excluding carboxylic acids is 1. The largest absolute Gasteiger partial charge is 0.496 e. The zero-order chi connectivity index (χ0) is 23.3. The highest BCUT2D eigenvalue weighted by Crippen LogP contribution is 2.35. The summed E-state index contributed by atoms with van der Waals surface area (Å²) < 4.78 is 12.6. The van der Waals surface area contributed by atoms with Gasteiger partial charge in [-0.3, -0.25) is 4.79 Å². The van der Waals surface area contributed by atoms with Crippen LogP contribution in [0.3, 0.4) is 0 Å². The molecule has 166 valence electrons. The molecule has 1 amide bonds. The quantitative estimate of drug-likeness (QED) is 0.163. The van der Waals surface area contributed by atoms with Crippen LogP contribution in [0.25, 0.3) is 0 Å². The second-order valence-corrected chi connectivity index (χ2v) is 9.64. The first-order valence-electron chi connectivity index (χ1n) is 9.01. The van der Waals surface area contributed by atoms with E-state index in [1.807, 2.05) is 6.07 Å². The number of nitrogens with one attached hydrogen (secondary N) is 1. The molecule has 10 heteroatoms. The van der Waals surface area contributed by atoms with Gasteiger partial charge < -0.3 is 9.47 Å². The number of ether oxygens (including phenoxy) is 2. The number of hydrogen-bond donors (Lipinski definition) is 1. The van der Waals surface area contributed by atoms with Crippen LogP contribution < -0.4 is 14.9 Å². The lowest BCUT2D eigenvalue weighted by Gasteiger charge is -2.11. The van der Waals surface area contributed by atoms with Crippen LogP contribution in [0.1, 0.15) is 21.5 Å². The van der Waals surface area contributed by atoms with Crippen molar-refractivity contribution in [3.63, 3.8) is 0 Å². The number of hydrogen-bond acceptors (Lipinski definition) is 4. The zero-order valence-electron chi connectivity index (χ0n) is 16.5. The number of halogens is 5. The second kappa shape index (κ2) is 11.6. The molecule has 0 spiro atoms. The van der Waals surface area contributed by atoms with Gasteiger partial charge in [-0.15, -0.1) is 0 Å². The SMILES string of the molecule is COc1cc(C(=O)N/N=C\c2cc(Cl)c(OCc3ccc(Cl)c(Cl)c3)c(Br)c2)ccc1I. The highest BCUT2D eigenvalue weighted by atomic mass is 127. The summed E-state index contributed by atoms with van der Waals surface area (Å²) in [5.74, 6) is 0.738. The minimum absolute atomic E-state index is 0.262. The van der Waals surface area contributed by atoms with Crippen molar-refractivity contribution in [2.24, 2.45) is 5.10 Å². The Morgan fingerprint density at radius 3 is 2.56 bits per heavy atom. The van der Waals surface area contributed by atoms with E-state index >= 15 is 0 Å². The average Bonchev–Trinajstić information content (AvgIpc) is 2.75. The predicted molar refractivity (Wildman–Crippen MR) is 141 cm³/mol. The minimum Gasteiger partial charge on any atom is -0.496 e. The number of nitrogens with zero attached hydrogens (tertiary/aromatic N) is 1. The molecule has 3 aromatic rings. The molecule has 3 rings (SSSR count). The summed E-state index contributed by atoms with van der Waals surface area (Å²) in [4.78, 5) is 12.3. The summed E-state index contributed by atoms with van der Waals surface area (Å²) in [6.45, 7) is 0.262. The van der Waals surface area contributed by atoms with Crippen LogP contribution in [-0.2, 0) is 6.61 Å². The highest BCUT2D eigenvalue weighted by molar-refractivity contribution is 14.1. The lowest BCUT2D eigenvalue weighted by atomic mass is 10.2. The van der Waals surface area contributed by atoms with Crippen LogP contribution in [0.15, 0.2) is 58.1 Å². The van der Waals surface area contributed by atoms with Gasteiger partial charge in [0.1, 0.15) is 12.4 Å². The first-order chi connectivity index (χ1) is 15.3. The lowest BCUT2D eigenvalue weighted by molar-refractivity contribution is 0.0954. The molecule has 0 aliphatic carbocycles. The number of carbonyl (C=O) groups is 1. The zero-order valence-corrected chi connectivity index (χ0v) is 22.5. The highest BCUT2D eigenvalue weighted by Gasteiger charge is 2.11. The molecule has 0 radical (unpaired) electrons. The van der Waals surface area contributed by atoms with Crippen molar-refractivity contribution in [2.75, 3.05) is 7.11 Å². The van der Waals surface area contributed by atoms with E-state index in [9.17, 15) is 4.79 Å². The van der Waals surface area contributed by atoms with E-state index in [4.69, 9.17) is 44.3 Å². The van der Waals surface area contributed by atoms with Crippen molar-refractivity contribution in [1.82, 2.24) is 5.43 Å². The first-order valence-corrected chi connectivity index (χ1v) is 12.0. The number of benzene rings is 3. The summed E-state index contributed by atoms with van der Waals surface area (Å²) in [5, 5.41) is 5.32. The van der Waals surface area contributed by atoms with Gasteiger partial charge in [0, 0.05) is 5.56 Å². The van der Waals surface area contributed by atoms with Gasteiger partial charge in [0.25, 0.3) is 5.91 Å². The Balaban J connectivity index is 1.65. The van der Waals surface area contributed by atoms with Crippen molar-refractivity contribution in [3.05, 3.63) is 88.3 Å². The van der Waals surface area contributed by atoms with Gasteiger partial charge in [-0.05, 0) is 92.1 Å². The Hall–Kier alpha value is -1.52. The fourth-order valence-corrected chi connectivity index (χ4v) is 4.47. The standard InChI is InChI=1S/C22H15BrCl3IN2O3/c1-31-20-9-14(3-5-19(20)27)22(30)29-28-10-13-6-15(23)21(18(26)8-13)32-11-12-2-4-16(24)17(25)7-12/h2-10H,11H2,1H3,(H,29,30)/b28-10-. The normalized spacial score (nSPS) is 10.9. The van der Waals surface area contributed by atoms with Crippen LogP contribution in [0.4, 0.5) is 0 Å². The molecule has 0 saturated heterocycles. The smallest absolute Gasteiger partial charge is 0.271 e. The fraction of sp³-hybridized carbons (Fsp3) is 0.0909. The van der Waals surface area contributed by atoms with Crippen molar-refractivity contribution >= 4 is 85.4 Å². The van der Waals surface area contributed by atoms with Crippen LogP contribution in [0.2, 0.25) is 15.1 Å². The van der Waals surface area contributed by atoms with E-state index in [2.05, 4.69) is 49.0 Å². The Labute approximate surface area is 222 Å². The summed E-state index contributed by atoms with van der Waals surface area (Å²) in [7, 11) is 1.55. The van der Waals surface area contributed by atoms with Gasteiger partial charge >= 0.3 is 0 Å². The van der Waals surface area contributed by atoms with Gasteiger partial charge in [0.2, 0.25) is 0 Å². The molecule has 0 atom stereocenters. The molecule has 3 aromatic carbocycles. The molecule has 32 heavy (non-hydrogen) atoms. The maximum atomic E-state index is 12.3. The van der Waals surface area contributed by atoms with Crippen molar-refractivity contribution in [3.8, 4) is 11.5 Å². The van der Waals surface area contributed by atoms with E-state index in [1.165, 1.54) is 6.21 Å². The van der Waals surface area contributed by atoms with Crippen LogP contribution >= 0.6 is 73.3 Å². The Kier molecular flexibility index (Phi) is 9.07. The summed E-state index contributed by atoms with van der Waals surface area (Å²) in [6, 6.07) is 13.9. The Bertz CT molecular complexity index is 1170. The summed E-state index contributed by atoms with van der Waals surface area (Å²) in [5.41, 5.74) is 4.44. The molecule has 0 fully saturated rings. The predicted octanol–water partition coefficient (Wildman–Crippen LogP) is 7.37. The van der Waals surface area contributed by atoms with Gasteiger partial charge in [-0.25, -0.2) is 5.43 Å². The second-order valence-electron chi connectivity index (χ2n) is 6.40. The van der Waals surface area contributed by atoms with E-state index in [-0.39, 0.29) is 12.5 Å². The monoisotopic (exact) mass is 666 g/mol. The topological polar surface area (TPSA) is 59.9 Å². The average molecular weight is 669 g/mol. The fourth-order valence-electron chi connectivity index (χ4n) is 2.61. The van der Waals surface area contributed by atoms with E-state index in [0.29, 0.717) is 42.2 Å². The van der Waals surface area contributed by atoms with Crippen molar-refractivity contribution < 1.29 is 14.3 Å². The number of rotatable bonds is 7. The van der Waals surface area contributed by atoms with Crippen molar-refractivity contribution in [2.45, 2.75) is 6.61 Å². The molecule has 0 aliphatic heterocycles. The molecular weight excluding hydrogens is 653 g/mol. The molecular formula is C22H15BrCl3IN2O3. The van der Waals surface area contributed by atoms with E-state index in [0.717, 1.165) is 9.13 Å². The third-order valence-electron chi connectivity index (χ3n) is 4.18. The van der Waals surface area contributed by atoms with Gasteiger partial charge in [-0.1, -0.05) is 40.9 Å². The maximum absolute atomic E-state index is 12.3. The molecule has 0 saturated carbocycles. The molecule has 0 unspecified atom stereocenters. The third kappa shape index (κ3) is 6.51. The van der Waals surface area contributed by atoms with E-state index < -0.39 is 0 Å². The lowest BCUT2D eigenvalue weighted by Crippen LogP contribution is -2.17. The molecule has 0 bridgehead atoms. The molecule has 0 heterocycles. The molecule has 5 nitrogen and oxygen atoms in total. The summed E-state index contributed by atoms with van der Waals surface area (Å²) >= 11 is 23.9. The van der Waals surface area contributed by atoms with Crippen LogP contribution in [0.5, 0.6) is 11.5 Å². The van der Waals surface area contributed by atoms with E-state index in [1.54, 1.807) is 49.6 Å². The van der Waals surface area contributed by atoms with Gasteiger partial charge in [0.15, 0.2) is 5.75 Å².